The number of carbonyl (C=O) groups is 1. The summed E-state index contributed by atoms with van der Waals surface area (Å²) < 4.78 is 1.77. The van der Waals surface area contributed by atoms with E-state index in [2.05, 4.69) is 15.5 Å². The maximum absolute atomic E-state index is 10.8. The molecule has 3 rings (SSSR count). The molecule has 3 heterocycles. The summed E-state index contributed by atoms with van der Waals surface area (Å²) in [5.74, 6) is -0.977. The van der Waals surface area contributed by atoms with Crippen molar-refractivity contribution in [3.05, 3.63) is 46.4 Å². The highest BCUT2D eigenvalue weighted by molar-refractivity contribution is 7.07. The van der Waals surface area contributed by atoms with Crippen LogP contribution in [0.15, 0.2) is 35.3 Å². The molecule has 0 aliphatic carbocycles. The lowest BCUT2D eigenvalue weighted by Gasteiger charge is -2.01. The second kappa shape index (κ2) is 4.23. The summed E-state index contributed by atoms with van der Waals surface area (Å²) >= 11 is 1.63. The van der Waals surface area contributed by atoms with Crippen LogP contribution in [-0.4, -0.2) is 25.8 Å². The van der Waals surface area contributed by atoms with E-state index in [0.29, 0.717) is 12.2 Å². The molecule has 0 amide bonds. The lowest BCUT2D eigenvalue weighted by molar-refractivity contribution is 0.0696. The third-order valence-electron chi connectivity index (χ3n) is 2.64. The quantitative estimate of drug-likeness (QED) is 0.783. The Hall–Kier alpha value is -2.21. The number of fused-ring (bicyclic) bond motifs is 1. The number of aromatic carboxylic acids is 1. The van der Waals surface area contributed by atoms with Gasteiger partial charge in [0.15, 0.2) is 5.65 Å². The van der Waals surface area contributed by atoms with Crippen molar-refractivity contribution in [3.8, 4) is 0 Å². The Morgan fingerprint density at radius 1 is 1.44 bits per heavy atom. The van der Waals surface area contributed by atoms with Crippen LogP contribution in [0, 0.1) is 0 Å². The molecule has 0 spiro atoms. The van der Waals surface area contributed by atoms with Crippen molar-refractivity contribution in [1.82, 2.24) is 14.8 Å². The van der Waals surface area contributed by atoms with E-state index in [1.54, 1.807) is 28.3 Å². The molecule has 3 aromatic rings. The number of hydrogen-bond donors (Lipinski definition) is 1. The van der Waals surface area contributed by atoms with Crippen LogP contribution in [0.5, 0.6) is 0 Å². The van der Waals surface area contributed by atoms with Gasteiger partial charge in [-0.1, -0.05) is 0 Å². The minimum absolute atomic E-state index is 0.178. The minimum atomic E-state index is -0.977. The Morgan fingerprint density at radius 3 is 3.06 bits per heavy atom. The molecule has 3 aromatic heterocycles. The van der Waals surface area contributed by atoms with Crippen molar-refractivity contribution in [2.45, 2.75) is 6.54 Å². The highest BCUT2D eigenvalue weighted by Gasteiger charge is 2.09. The molecule has 90 valence electrons. The van der Waals surface area contributed by atoms with Gasteiger partial charge in [-0.15, -0.1) is 0 Å². The maximum Gasteiger partial charge on any atom is 0.337 e. The molecule has 1 N–H and O–H groups in total. The Labute approximate surface area is 106 Å². The van der Waals surface area contributed by atoms with Crippen LogP contribution in [0.2, 0.25) is 0 Å². The third kappa shape index (κ3) is 1.86. The molecule has 0 saturated carbocycles. The van der Waals surface area contributed by atoms with Gasteiger partial charge in [-0.05, 0) is 28.5 Å². The first-order valence-corrected chi connectivity index (χ1v) is 6.24. The van der Waals surface area contributed by atoms with Crippen molar-refractivity contribution in [1.29, 1.82) is 0 Å². The van der Waals surface area contributed by atoms with Crippen molar-refractivity contribution in [2.75, 3.05) is 0 Å². The molecule has 0 bridgehead atoms. The molecular weight excluding hydrogens is 250 g/mol. The number of thiophene rings is 1. The van der Waals surface area contributed by atoms with Crippen LogP contribution in [0.1, 0.15) is 15.9 Å². The van der Waals surface area contributed by atoms with Crippen LogP contribution in [0.25, 0.3) is 11.0 Å². The zero-order valence-electron chi connectivity index (χ0n) is 9.28. The fourth-order valence-corrected chi connectivity index (χ4v) is 2.42. The van der Waals surface area contributed by atoms with E-state index >= 15 is 0 Å². The van der Waals surface area contributed by atoms with Gasteiger partial charge in [0.2, 0.25) is 0 Å². The Morgan fingerprint density at radius 2 is 2.33 bits per heavy atom. The van der Waals surface area contributed by atoms with E-state index in [9.17, 15) is 4.79 Å². The van der Waals surface area contributed by atoms with E-state index in [1.807, 2.05) is 11.4 Å². The lowest BCUT2D eigenvalue weighted by Crippen LogP contribution is -2.02. The molecule has 18 heavy (non-hydrogen) atoms. The van der Waals surface area contributed by atoms with E-state index in [0.717, 1.165) is 10.9 Å². The SMILES string of the molecule is O=C(O)c1cnc2c(cnn2Cc2ccsc2)c1. The molecule has 0 aliphatic heterocycles. The summed E-state index contributed by atoms with van der Waals surface area (Å²) in [6.07, 6.45) is 3.00. The molecule has 0 fully saturated rings. The molecule has 0 aliphatic rings. The smallest absolute Gasteiger partial charge is 0.337 e. The molecule has 0 unspecified atom stereocenters. The summed E-state index contributed by atoms with van der Waals surface area (Å²) in [4.78, 5) is 15.0. The first-order chi connectivity index (χ1) is 8.74. The van der Waals surface area contributed by atoms with Gasteiger partial charge < -0.3 is 5.11 Å². The van der Waals surface area contributed by atoms with E-state index in [-0.39, 0.29) is 5.56 Å². The first kappa shape index (κ1) is 10.9. The van der Waals surface area contributed by atoms with Gasteiger partial charge in [-0.3, -0.25) is 0 Å². The van der Waals surface area contributed by atoms with Gasteiger partial charge >= 0.3 is 5.97 Å². The second-order valence-electron chi connectivity index (χ2n) is 3.88. The van der Waals surface area contributed by atoms with Crippen LogP contribution in [-0.2, 0) is 6.54 Å². The van der Waals surface area contributed by atoms with Crippen LogP contribution < -0.4 is 0 Å². The summed E-state index contributed by atoms with van der Waals surface area (Å²) in [5.41, 5.74) is 2.04. The summed E-state index contributed by atoms with van der Waals surface area (Å²) in [5, 5.41) is 17.9. The fourth-order valence-electron chi connectivity index (χ4n) is 1.76. The second-order valence-corrected chi connectivity index (χ2v) is 4.66. The largest absolute Gasteiger partial charge is 0.478 e. The van der Waals surface area contributed by atoms with Gasteiger partial charge in [-0.2, -0.15) is 16.4 Å². The molecule has 0 atom stereocenters. The number of pyridine rings is 1. The van der Waals surface area contributed by atoms with Crippen LogP contribution >= 0.6 is 11.3 Å². The number of carboxylic acid groups (broad SMARTS) is 1. The summed E-state index contributed by atoms with van der Waals surface area (Å²) in [6.45, 7) is 0.645. The van der Waals surface area contributed by atoms with E-state index in [1.165, 1.54) is 6.20 Å². The number of hydrogen-bond acceptors (Lipinski definition) is 4. The third-order valence-corrected chi connectivity index (χ3v) is 3.37. The minimum Gasteiger partial charge on any atom is -0.478 e. The molecule has 0 radical (unpaired) electrons. The highest BCUT2D eigenvalue weighted by atomic mass is 32.1. The number of carboxylic acids is 1. The standard InChI is InChI=1S/C12H9N3O2S/c16-12(17)10-3-9-5-14-15(11(9)13-4-10)6-8-1-2-18-7-8/h1-5,7H,6H2,(H,16,17). The zero-order valence-corrected chi connectivity index (χ0v) is 10.1. The molecular formula is C12H9N3O2S. The van der Waals surface area contributed by atoms with Gasteiger partial charge in [0.25, 0.3) is 0 Å². The highest BCUT2D eigenvalue weighted by Crippen LogP contribution is 2.15. The number of nitrogens with zero attached hydrogens (tertiary/aromatic N) is 3. The fraction of sp³-hybridized carbons (Fsp3) is 0.0833. The van der Waals surface area contributed by atoms with Crippen molar-refractivity contribution in [2.24, 2.45) is 0 Å². The average Bonchev–Trinajstić information content (AvgIpc) is 2.99. The number of aromatic nitrogens is 3. The van der Waals surface area contributed by atoms with E-state index < -0.39 is 5.97 Å². The Kier molecular flexibility index (Phi) is 2.56. The first-order valence-electron chi connectivity index (χ1n) is 5.30. The monoisotopic (exact) mass is 259 g/mol. The maximum atomic E-state index is 10.8. The topological polar surface area (TPSA) is 68.0 Å². The van der Waals surface area contributed by atoms with Gasteiger partial charge in [0.1, 0.15) is 0 Å². The van der Waals surface area contributed by atoms with Gasteiger partial charge in [0.05, 0.1) is 18.3 Å². The van der Waals surface area contributed by atoms with Crippen LogP contribution in [0.3, 0.4) is 0 Å². The molecule has 0 saturated heterocycles. The zero-order chi connectivity index (χ0) is 12.5. The van der Waals surface area contributed by atoms with E-state index in [4.69, 9.17) is 5.11 Å². The number of rotatable bonds is 3. The lowest BCUT2D eigenvalue weighted by atomic mass is 10.2. The average molecular weight is 259 g/mol. The Balaban J connectivity index is 2.02. The predicted molar refractivity (Wildman–Crippen MR) is 67.9 cm³/mol. The normalized spacial score (nSPS) is 10.9. The predicted octanol–water partition coefficient (Wildman–Crippen LogP) is 2.24. The van der Waals surface area contributed by atoms with Crippen molar-refractivity contribution < 1.29 is 9.90 Å². The molecule has 5 nitrogen and oxygen atoms in total. The van der Waals surface area contributed by atoms with Crippen molar-refractivity contribution in [3.63, 3.8) is 0 Å². The summed E-state index contributed by atoms with van der Waals surface area (Å²) in [7, 11) is 0. The Bertz CT molecular complexity index is 703. The molecule has 6 heteroatoms. The van der Waals surface area contributed by atoms with Gasteiger partial charge in [0, 0.05) is 11.6 Å². The van der Waals surface area contributed by atoms with Gasteiger partial charge in [-0.25, -0.2) is 14.5 Å². The van der Waals surface area contributed by atoms with Crippen molar-refractivity contribution >= 4 is 28.3 Å². The van der Waals surface area contributed by atoms with Crippen LogP contribution in [0.4, 0.5) is 0 Å². The summed E-state index contributed by atoms with van der Waals surface area (Å²) in [6, 6.07) is 3.62. The molecule has 0 aromatic carbocycles.